The number of nitrogens with zero attached hydrogens (tertiary/aromatic N) is 4. The van der Waals surface area contributed by atoms with Gasteiger partial charge in [-0.3, -0.25) is 4.90 Å². The molecule has 0 aliphatic heterocycles. The molecule has 3 aromatic heterocycles. The van der Waals surface area contributed by atoms with Crippen LogP contribution in [0.4, 0.5) is 5.82 Å². The van der Waals surface area contributed by atoms with Gasteiger partial charge in [0.15, 0.2) is 5.65 Å². The molecule has 0 aliphatic rings. The number of hydrogen-bond acceptors (Lipinski definition) is 5. The number of nitrogens with one attached hydrogen (secondary N) is 1. The highest BCUT2D eigenvalue weighted by Gasteiger charge is 2.18. The SMILES string of the molecule is CC(C)c1cc(NC[C@H](c2ccco2)N(C)C)n2nccc2n1. The summed E-state index contributed by atoms with van der Waals surface area (Å²) in [5.41, 5.74) is 1.91. The van der Waals surface area contributed by atoms with Crippen LogP contribution in [0.1, 0.15) is 37.3 Å². The lowest BCUT2D eigenvalue weighted by molar-refractivity contribution is 0.269. The monoisotopic (exact) mass is 313 g/mol. The van der Waals surface area contributed by atoms with Gasteiger partial charge in [0.05, 0.1) is 18.5 Å². The lowest BCUT2D eigenvalue weighted by atomic mass is 10.1. The van der Waals surface area contributed by atoms with E-state index in [1.165, 1.54) is 0 Å². The Morgan fingerprint density at radius 1 is 1.30 bits per heavy atom. The fourth-order valence-electron chi connectivity index (χ4n) is 2.57. The number of aromatic nitrogens is 3. The largest absolute Gasteiger partial charge is 0.468 e. The molecule has 6 heteroatoms. The van der Waals surface area contributed by atoms with Crippen molar-refractivity contribution in [3.8, 4) is 0 Å². The molecular weight excluding hydrogens is 290 g/mol. The fraction of sp³-hybridized carbons (Fsp3) is 0.412. The summed E-state index contributed by atoms with van der Waals surface area (Å²) >= 11 is 0. The van der Waals surface area contributed by atoms with Crippen LogP contribution >= 0.6 is 0 Å². The van der Waals surface area contributed by atoms with Crippen molar-refractivity contribution in [2.24, 2.45) is 0 Å². The lowest BCUT2D eigenvalue weighted by Crippen LogP contribution is -2.27. The summed E-state index contributed by atoms with van der Waals surface area (Å²) in [6.07, 6.45) is 3.48. The van der Waals surface area contributed by atoms with Crippen molar-refractivity contribution in [3.63, 3.8) is 0 Å². The van der Waals surface area contributed by atoms with E-state index in [1.54, 1.807) is 12.5 Å². The maximum atomic E-state index is 5.56. The van der Waals surface area contributed by atoms with Gasteiger partial charge in [-0.2, -0.15) is 9.61 Å². The minimum atomic E-state index is 0.145. The molecule has 3 heterocycles. The topological polar surface area (TPSA) is 58.6 Å². The van der Waals surface area contributed by atoms with Crippen molar-refractivity contribution >= 4 is 11.5 Å². The van der Waals surface area contributed by atoms with Crippen LogP contribution in [-0.2, 0) is 0 Å². The summed E-state index contributed by atoms with van der Waals surface area (Å²) in [5, 5.41) is 7.86. The van der Waals surface area contributed by atoms with Crippen molar-refractivity contribution in [1.82, 2.24) is 19.5 Å². The summed E-state index contributed by atoms with van der Waals surface area (Å²) in [4.78, 5) is 6.77. The van der Waals surface area contributed by atoms with Gasteiger partial charge < -0.3 is 9.73 Å². The van der Waals surface area contributed by atoms with Crippen LogP contribution in [0.25, 0.3) is 5.65 Å². The molecule has 0 spiro atoms. The number of anilines is 1. The highest BCUT2D eigenvalue weighted by Crippen LogP contribution is 2.22. The number of hydrogen-bond donors (Lipinski definition) is 1. The molecular formula is C17H23N5O. The molecule has 0 amide bonds. The number of rotatable bonds is 6. The summed E-state index contributed by atoms with van der Waals surface area (Å²) in [6.45, 7) is 5.01. The van der Waals surface area contributed by atoms with E-state index in [-0.39, 0.29) is 6.04 Å². The van der Waals surface area contributed by atoms with Gasteiger partial charge in [-0.25, -0.2) is 4.98 Å². The van der Waals surface area contributed by atoms with E-state index in [0.29, 0.717) is 5.92 Å². The van der Waals surface area contributed by atoms with Crippen molar-refractivity contribution in [3.05, 3.63) is 48.2 Å². The molecule has 23 heavy (non-hydrogen) atoms. The molecule has 0 unspecified atom stereocenters. The average Bonchev–Trinajstić information content (AvgIpc) is 3.17. The van der Waals surface area contributed by atoms with Crippen molar-refractivity contribution in [2.75, 3.05) is 26.0 Å². The van der Waals surface area contributed by atoms with Crippen LogP contribution in [0.5, 0.6) is 0 Å². The molecule has 1 atom stereocenters. The summed E-state index contributed by atoms with van der Waals surface area (Å²) in [7, 11) is 4.09. The van der Waals surface area contributed by atoms with E-state index in [2.05, 4.69) is 40.2 Å². The Labute approximate surface area is 136 Å². The van der Waals surface area contributed by atoms with Gasteiger partial charge >= 0.3 is 0 Å². The van der Waals surface area contributed by atoms with Crippen LogP contribution < -0.4 is 5.32 Å². The highest BCUT2D eigenvalue weighted by molar-refractivity contribution is 5.49. The van der Waals surface area contributed by atoms with Crippen LogP contribution in [-0.4, -0.2) is 40.1 Å². The molecule has 0 aromatic carbocycles. The van der Waals surface area contributed by atoms with E-state index in [1.807, 2.05) is 36.8 Å². The summed E-state index contributed by atoms with van der Waals surface area (Å²) < 4.78 is 7.40. The quantitative estimate of drug-likeness (QED) is 0.757. The van der Waals surface area contributed by atoms with Crippen LogP contribution in [0.15, 0.2) is 41.1 Å². The van der Waals surface area contributed by atoms with E-state index in [4.69, 9.17) is 4.42 Å². The first-order chi connectivity index (χ1) is 11.1. The predicted molar refractivity (Wildman–Crippen MR) is 90.7 cm³/mol. The summed E-state index contributed by atoms with van der Waals surface area (Å²) in [5.74, 6) is 2.25. The van der Waals surface area contributed by atoms with Crippen LogP contribution in [0.2, 0.25) is 0 Å². The minimum absolute atomic E-state index is 0.145. The molecule has 0 radical (unpaired) electrons. The molecule has 1 N–H and O–H groups in total. The fourth-order valence-corrected chi connectivity index (χ4v) is 2.57. The third-order valence-corrected chi connectivity index (χ3v) is 3.94. The maximum Gasteiger partial charge on any atom is 0.157 e. The van der Waals surface area contributed by atoms with Gasteiger partial charge in [-0.15, -0.1) is 0 Å². The zero-order valence-electron chi connectivity index (χ0n) is 14.0. The van der Waals surface area contributed by atoms with Gasteiger partial charge in [0.1, 0.15) is 11.6 Å². The van der Waals surface area contributed by atoms with Gasteiger partial charge in [0.25, 0.3) is 0 Å². The maximum absolute atomic E-state index is 5.56. The normalized spacial score (nSPS) is 13.1. The second-order valence-electron chi connectivity index (χ2n) is 6.20. The zero-order chi connectivity index (χ0) is 16.4. The third kappa shape index (κ3) is 3.22. The Balaban J connectivity index is 1.87. The van der Waals surface area contributed by atoms with Crippen LogP contribution in [0, 0.1) is 0 Å². The zero-order valence-corrected chi connectivity index (χ0v) is 14.0. The van der Waals surface area contributed by atoms with Crippen molar-refractivity contribution < 1.29 is 4.42 Å². The minimum Gasteiger partial charge on any atom is -0.468 e. The Bertz CT molecular complexity index is 760. The number of fused-ring (bicyclic) bond motifs is 1. The Kier molecular flexibility index (Phi) is 4.34. The molecule has 122 valence electrons. The first-order valence-electron chi connectivity index (χ1n) is 7.84. The van der Waals surface area contributed by atoms with E-state index >= 15 is 0 Å². The van der Waals surface area contributed by atoms with Gasteiger partial charge in [0, 0.05) is 24.4 Å². The molecule has 6 nitrogen and oxygen atoms in total. The third-order valence-electron chi connectivity index (χ3n) is 3.94. The van der Waals surface area contributed by atoms with E-state index in [9.17, 15) is 0 Å². The average molecular weight is 313 g/mol. The first-order valence-corrected chi connectivity index (χ1v) is 7.84. The molecule has 0 bridgehead atoms. The molecule has 0 fully saturated rings. The number of likely N-dealkylation sites (N-methyl/N-ethyl adjacent to an activating group) is 1. The van der Waals surface area contributed by atoms with Gasteiger partial charge in [0.2, 0.25) is 0 Å². The molecule has 3 rings (SSSR count). The number of furan rings is 1. The molecule has 3 aromatic rings. The predicted octanol–water partition coefficient (Wildman–Crippen LogP) is 3.16. The second kappa shape index (κ2) is 6.42. The van der Waals surface area contributed by atoms with E-state index in [0.717, 1.165) is 29.5 Å². The Morgan fingerprint density at radius 3 is 2.78 bits per heavy atom. The molecule has 0 saturated carbocycles. The van der Waals surface area contributed by atoms with Crippen LogP contribution in [0.3, 0.4) is 0 Å². The first kappa shape index (κ1) is 15.6. The van der Waals surface area contributed by atoms with Crippen molar-refractivity contribution in [2.45, 2.75) is 25.8 Å². The standard InChI is InChI=1S/C17H23N5O/c1-12(2)13-10-17(22-16(20-13)7-8-19-22)18-11-14(21(3)4)15-6-5-9-23-15/h5-10,12,14,18H,11H2,1-4H3/t14-/m1/s1. The highest BCUT2D eigenvalue weighted by atomic mass is 16.3. The lowest BCUT2D eigenvalue weighted by Gasteiger charge is -2.23. The second-order valence-corrected chi connectivity index (χ2v) is 6.20. The summed E-state index contributed by atoms with van der Waals surface area (Å²) in [6, 6.07) is 8.06. The van der Waals surface area contributed by atoms with Crippen molar-refractivity contribution in [1.29, 1.82) is 0 Å². The smallest absolute Gasteiger partial charge is 0.157 e. The Morgan fingerprint density at radius 2 is 2.13 bits per heavy atom. The van der Waals surface area contributed by atoms with Gasteiger partial charge in [-0.05, 0) is 32.1 Å². The van der Waals surface area contributed by atoms with E-state index < -0.39 is 0 Å². The molecule has 0 aliphatic carbocycles. The Hall–Kier alpha value is -2.34. The molecule has 0 saturated heterocycles. The van der Waals surface area contributed by atoms with Gasteiger partial charge in [-0.1, -0.05) is 13.8 Å².